The van der Waals surface area contributed by atoms with Crippen molar-refractivity contribution in [1.82, 2.24) is 9.88 Å². The van der Waals surface area contributed by atoms with Crippen LogP contribution in [-0.2, 0) is 17.8 Å². The summed E-state index contributed by atoms with van der Waals surface area (Å²) in [6.07, 6.45) is 2.42. The summed E-state index contributed by atoms with van der Waals surface area (Å²) in [5.41, 5.74) is 2.90. The molecule has 1 amide bonds. The number of rotatable bonds is 6. The highest BCUT2D eigenvalue weighted by atomic mass is 16.5. The van der Waals surface area contributed by atoms with Crippen LogP contribution in [0, 0.1) is 6.92 Å². The Bertz CT molecular complexity index is 975. The average molecular weight is 350 g/mol. The van der Waals surface area contributed by atoms with Crippen molar-refractivity contribution in [3.8, 4) is 5.75 Å². The summed E-state index contributed by atoms with van der Waals surface area (Å²) in [4.78, 5) is 24.3. The van der Waals surface area contributed by atoms with E-state index in [1.165, 1.54) is 6.07 Å². The second kappa shape index (κ2) is 7.87. The predicted molar refractivity (Wildman–Crippen MR) is 103 cm³/mol. The second-order valence-electron chi connectivity index (χ2n) is 6.28. The van der Waals surface area contributed by atoms with Crippen LogP contribution in [0.4, 0.5) is 0 Å². The third-order valence-corrected chi connectivity index (χ3v) is 4.34. The molecule has 0 aliphatic rings. The van der Waals surface area contributed by atoms with Crippen molar-refractivity contribution >= 4 is 16.8 Å². The fourth-order valence-electron chi connectivity index (χ4n) is 2.91. The van der Waals surface area contributed by atoms with E-state index in [0.717, 1.165) is 28.8 Å². The molecule has 0 aliphatic heterocycles. The predicted octanol–water partition coefficient (Wildman–Crippen LogP) is 2.68. The number of hydrogen-bond donors (Lipinski definition) is 1. The zero-order valence-electron chi connectivity index (χ0n) is 15.0. The number of hydrogen-bond acceptors (Lipinski definition) is 3. The lowest BCUT2D eigenvalue weighted by molar-refractivity contribution is -0.121. The van der Waals surface area contributed by atoms with E-state index in [-0.39, 0.29) is 17.9 Å². The minimum atomic E-state index is -0.0796. The number of fused-ring (bicyclic) bond motifs is 1. The van der Waals surface area contributed by atoms with Crippen LogP contribution in [-0.4, -0.2) is 24.1 Å². The van der Waals surface area contributed by atoms with Crippen LogP contribution in [0.3, 0.4) is 0 Å². The van der Waals surface area contributed by atoms with Gasteiger partial charge in [-0.3, -0.25) is 9.59 Å². The summed E-state index contributed by atoms with van der Waals surface area (Å²) in [6.45, 7) is 2.69. The standard InChI is InChI=1S/C21H22N2O3/c1-15-3-8-19-18(13-15)20(24)10-12-23(19)14-21(25)22-11-9-16-4-6-17(26-2)7-5-16/h3-8,10,12-13H,9,11,14H2,1-2H3,(H,22,25). The lowest BCUT2D eigenvalue weighted by Gasteiger charge is -2.11. The normalized spacial score (nSPS) is 10.7. The van der Waals surface area contributed by atoms with Gasteiger partial charge in [0, 0.05) is 24.2 Å². The topological polar surface area (TPSA) is 60.3 Å². The molecule has 3 rings (SSSR count). The number of carbonyl (C=O) groups is 1. The molecule has 134 valence electrons. The Balaban J connectivity index is 1.62. The van der Waals surface area contributed by atoms with Crippen LogP contribution in [0.25, 0.3) is 10.9 Å². The van der Waals surface area contributed by atoms with Crippen LogP contribution < -0.4 is 15.5 Å². The molecule has 5 nitrogen and oxygen atoms in total. The number of benzene rings is 2. The molecule has 0 bridgehead atoms. The fourth-order valence-corrected chi connectivity index (χ4v) is 2.91. The van der Waals surface area contributed by atoms with E-state index >= 15 is 0 Å². The molecule has 0 spiro atoms. The van der Waals surface area contributed by atoms with Crippen LogP contribution in [0.1, 0.15) is 11.1 Å². The number of aryl methyl sites for hydroxylation is 1. The van der Waals surface area contributed by atoms with Gasteiger partial charge < -0.3 is 14.6 Å². The molecule has 3 aromatic rings. The van der Waals surface area contributed by atoms with Gasteiger partial charge in [-0.25, -0.2) is 0 Å². The molecule has 0 atom stereocenters. The van der Waals surface area contributed by atoms with Crippen molar-refractivity contribution in [2.45, 2.75) is 19.9 Å². The van der Waals surface area contributed by atoms with Gasteiger partial charge >= 0.3 is 0 Å². The van der Waals surface area contributed by atoms with Crippen LogP contribution >= 0.6 is 0 Å². The molecule has 0 radical (unpaired) electrons. The Hall–Kier alpha value is -3.08. The SMILES string of the molecule is COc1ccc(CCNC(=O)Cn2ccc(=O)c3cc(C)ccc32)cc1. The first-order chi connectivity index (χ1) is 12.6. The number of nitrogens with one attached hydrogen (secondary N) is 1. The summed E-state index contributed by atoms with van der Waals surface area (Å²) in [7, 11) is 1.64. The van der Waals surface area contributed by atoms with Crippen molar-refractivity contribution in [2.24, 2.45) is 0 Å². The van der Waals surface area contributed by atoms with Crippen LogP contribution in [0.15, 0.2) is 59.5 Å². The Morgan fingerprint density at radius 3 is 2.62 bits per heavy atom. The lowest BCUT2D eigenvalue weighted by atomic mass is 10.1. The van der Waals surface area contributed by atoms with E-state index in [1.807, 2.05) is 49.4 Å². The molecule has 0 unspecified atom stereocenters. The number of amides is 1. The van der Waals surface area contributed by atoms with Gasteiger partial charge in [-0.2, -0.15) is 0 Å². The summed E-state index contributed by atoms with van der Waals surface area (Å²) in [5.74, 6) is 0.738. The molecule has 5 heteroatoms. The first kappa shape index (κ1) is 17.7. The first-order valence-corrected chi connectivity index (χ1v) is 8.56. The molecule has 1 N–H and O–H groups in total. The number of nitrogens with zero attached hydrogens (tertiary/aromatic N) is 1. The number of carbonyl (C=O) groups excluding carboxylic acids is 1. The van der Waals surface area contributed by atoms with Gasteiger partial charge in [0.1, 0.15) is 12.3 Å². The fraction of sp³-hybridized carbons (Fsp3) is 0.238. The first-order valence-electron chi connectivity index (χ1n) is 8.56. The molecule has 0 fully saturated rings. The maximum atomic E-state index is 12.3. The van der Waals surface area contributed by atoms with Crippen molar-refractivity contribution in [2.75, 3.05) is 13.7 Å². The molecule has 0 saturated carbocycles. The van der Waals surface area contributed by atoms with Crippen molar-refractivity contribution in [3.63, 3.8) is 0 Å². The van der Waals surface area contributed by atoms with E-state index in [4.69, 9.17) is 4.74 Å². The van der Waals surface area contributed by atoms with Crippen molar-refractivity contribution in [3.05, 3.63) is 76.1 Å². The van der Waals surface area contributed by atoms with Gasteiger partial charge in [0.2, 0.25) is 5.91 Å². The summed E-state index contributed by atoms with van der Waals surface area (Å²) in [6, 6.07) is 15.0. The van der Waals surface area contributed by atoms with E-state index in [9.17, 15) is 9.59 Å². The van der Waals surface area contributed by atoms with Gasteiger partial charge in [0.25, 0.3) is 0 Å². The Morgan fingerprint density at radius 2 is 1.88 bits per heavy atom. The zero-order chi connectivity index (χ0) is 18.5. The molecular formula is C21H22N2O3. The van der Waals surface area contributed by atoms with Gasteiger partial charge in [-0.15, -0.1) is 0 Å². The number of pyridine rings is 1. The van der Waals surface area contributed by atoms with Gasteiger partial charge in [0.05, 0.1) is 12.6 Å². The molecule has 0 saturated heterocycles. The number of aromatic nitrogens is 1. The Kier molecular flexibility index (Phi) is 5.37. The molecule has 1 heterocycles. The van der Waals surface area contributed by atoms with Gasteiger partial charge in [-0.05, 0) is 43.2 Å². The minimum absolute atomic E-state index is 0.0279. The van der Waals surface area contributed by atoms with E-state index < -0.39 is 0 Å². The number of methoxy groups -OCH3 is 1. The summed E-state index contributed by atoms with van der Waals surface area (Å²) < 4.78 is 6.94. The highest BCUT2D eigenvalue weighted by Gasteiger charge is 2.07. The van der Waals surface area contributed by atoms with Gasteiger partial charge in [-0.1, -0.05) is 23.8 Å². The average Bonchev–Trinajstić information content (AvgIpc) is 2.65. The number of ether oxygens (including phenoxy) is 1. The van der Waals surface area contributed by atoms with Gasteiger partial charge in [0.15, 0.2) is 5.43 Å². The van der Waals surface area contributed by atoms with Crippen molar-refractivity contribution in [1.29, 1.82) is 0 Å². The van der Waals surface area contributed by atoms with Crippen LogP contribution in [0.5, 0.6) is 5.75 Å². The molecule has 0 aliphatic carbocycles. The molecule has 2 aromatic carbocycles. The van der Waals surface area contributed by atoms with Crippen molar-refractivity contribution < 1.29 is 9.53 Å². The van der Waals surface area contributed by atoms with Crippen LogP contribution in [0.2, 0.25) is 0 Å². The largest absolute Gasteiger partial charge is 0.497 e. The zero-order valence-corrected chi connectivity index (χ0v) is 15.0. The highest BCUT2D eigenvalue weighted by molar-refractivity contribution is 5.82. The van der Waals surface area contributed by atoms with E-state index in [1.54, 1.807) is 17.9 Å². The minimum Gasteiger partial charge on any atom is -0.497 e. The quantitative estimate of drug-likeness (QED) is 0.743. The maximum Gasteiger partial charge on any atom is 0.239 e. The highest BCUT2D eigenvalue weighted by Crippen LogP contribution is 2.13. The lowest BCUT2D eigenvalue weighted by Crippen LogP contribution is -2.29. The van der Waals surface area contributed by atoms with E-state index in [2.05, 4.69) is 5.32 Å². The summed E-state index contributed by atoms with van der Waals surface area (Å²) >= 11 is 0. The molecular weight excluding hydrogens is 328 g/mol. The molecule has 1 aromatic heterocycles. The Morgan fingerprint density at radius 1 is 1.12 bits per heavy atom. The monoisotopic (exact) mass is 350 g/mol. The maximum absolute atomic E-state index is 12.3. The smallest absolute Gasteiger partial charge is 0.239 e. The third-order valence-electron chi connectivity index (χ3n) is 4.34. The second-order valence-corrected chi connectivity index (χ2v) is 6.28. The van der Waals surface area contributed by atoms with E-state index in [0.29, 0.717) is 11.9 Å². The summed E-state index contributed by atoms with van der Waals surface area (Å²) in [5, 5.41) is 3.57. The Labute approximate surface area is 152 Å². The molecule has 26 heavy (non-hydrogen) atoms. The third kappa shape index (κ3) is 4.11.